The average molecular weight is 410 g/mol. The predicted octanol–water partition coefficient (Wildman–Crippen LogP) is 4.18. The first-order valence-corrected chi connectivity index (χ1v) is 8.98. The van der Waals surface area contributed by atoms with E-state index < -0.39 is 0 Å². The van der Waals surface area contributed by atoms with Crippen molar-refractivity contribution in [2.75, 3.05) is 33.8 Å². The zero-order valence-corrected chi connectivity index (χ0v) is 17.1. The monoisotopic (exact) mass is 410 g/mol. The van der Waals surface area contributed by atoms with E-state index in [9.17, 15) is 4.79 Å². The van der Waals surface area contributed by atoms with Gasteiger partial charge in [-0.3, -0.25) is 4.79 Å². The molecule has 1 N–H and O–H groups in total. The van der Waals surface area contributed by atoms with E-state index in [-0.39, 0.29) is 11.5 Å². The number of anilines is 1. The predicted molar refractivity (Wildman–Crippen MR) is 112 cm³/mol. The highest BCUT2D eigenvalue weighted by molar-refractivity contribution is 6.03. The molecule has 8 nitrogen and oxygen atoms in total. The number of methoxy groups -OCH3 is 4. The number of aromatic nitrogens is 1. The molecule has 30 heavy (non-hydrogen) atoms. The fourth-order valence-electron chi connectivity index (χ4n) is 2.75. The number of nitrogens with zero attached hydrogens (tertiary/aromatic N) is 1. The fraction of sp³-hybridized carbons (Fsp3) is 0.182. The first-order chi connectivity index (χ1) is 14.6. The third-order valence-corrected chi connectivity index (χ3v) is 4.29. The number of hydrogen-bond acceptors (Lipinski definition) is 8. The van der Waals surface area contributed by atoms with Crippen LogP contribution in [-0.4, -0.2) is 39.4 Å². The molecule has 0 amide bonds. The summed E-state index contributed by atoms with van der Waals surface area (Å²) in [5, 5.41) is 6.96. The molecule has 3 aromatic rings. The first-order valence-electron chi connectivity index (χ1n) is 8.98. The van der Waals surface area contributed by atoms with Crippen molar-refractivity contribution in [1.82, 2.24) is 5.16 Å². The van der Waals surface area contributed by atoms with E-state index in [1.807, 2.05) is 24.3 Å². The molecule has 1 aromatic heterocycles. The third-order valence-electron chi connectivity index (χ3n) is 4.29. The molecule has 0 aliphatic rings. The molecule has 0 saturated carbocycles. The summed E-state index contributed by atoms with van der Waals surface area (Å²) in [6, 6.07) is 12.4. The molecule has 156 valence electrons. The highest BCUT2D eigenvalue weighted by Crippen LogP contribution is 2.39. The van der Waals surface area contributed by atoms with Crippen molar-refractivity contribution in [2.24, 2.45) is 0 Å². The molecule has 0 atom stereocenters. The van der Waals surface area contributed by atoms with E-state index in [1.165, 1.54) is 33.6 Å². The van der Waals surface area contributed by atoms with Gasteiger partial charge in [0.15, 0.2) is 11.5 Å². The smallest absolute Gasteiger partial charge is 0.225 e. The van der Waals surface area contributed by atoms with E-state index in [0.29, 0.717) is 28.6 Å². The maximum Gasteiger partial charge on any atom is 0.225 e. The minimum atomic E-state index is -0.331. The molecule has 2 aromatic carbocycles. The van der Waals surface area contributed by atoms with Gasteiger partial charge in [-0.1, -0.05) is 5.16 Å². The highest BCUT2D eigenvalue weighted by Gasteiger charge is 2.14. The van der Waals surface area contributed by atoms with Gasteiger partial charge in [0, 0.05) is 41.7 Å². The second kappa shape index (κ2) is 9.51. The number of benzene rings is 2. The van der Waals surface area contributed by atoms with Crippen LogP contribution in [0.1, 0.15) is 10.6 Å². The number of ketones is 1. The molecular formula is C22H22N2O6. The largest absolute Gasteiger partial charge is 0.497 e. The van der Waals surface area contributed by atoms with Gasteiger partial charge < -0.3 is 28.8 Å². The van der Waals surface area contributed by atoms with Crippen LogP contribution in [0.25, 0.3) is 11.3 Å². The zero-order chi connectivity index (χ0) is 21.5. The van der Waals surface area contributed by atoms with Crippen molar-refractivity contribution < 1.29 is 28.3 Å². The first kappa shape index (κ1) is 20.8. The van der Waals surface area contributed by atoms with Gasteiger partial charge in [0.25, 0.3) is 0 Å². The van der Waals surface area contributed by atoms with E-state index >= 15 is 0 Å². The second-order valence-electron chi connectivity index (χ2n) is 6.06. The minimum absolute atomic E-state index is 0.128. The van der Waals surface area contributed by atoms with Crippen LogP contribution in [0.4, 0.5) is 5.69 Å². The molecular weight excluding hydrogens is 388 g/mol. The number of carbonyl (C=O) groups is 1. The summed E-state index contributed by atoms with van der Waals surface area (Å²) in [6.45, 7) is 0. The topological polar surface area (TPSA) is 92.1 Å². The van der Waals surface area contributed by atoms with E-state index in [1.54, 1.807) is 25.3 Å². The second-order valence-corrected chi connectivity index (χ2v) is 6.06. The van der Waals surface area contributed by atoms with Gasteiger partial charge in [0.2, 0.25) is 17.3 Å². The molecule has 0 fully saturated rings. The van der Waals surface area contributed by atoms with Crippen molar-refractivity contribution in [3.8, 4) is 34.3 Å². The number of carbonyl (C=O) groups excluding carboxylic acids is 1. The lowest BCUT2D eigenvalue weighted by molar-refractivity contribution is 0.101. The highest BCUT2D eigenvalue weighted by atomic mass is 16.5. The average Bonchev–Trinajstić information content (AvgIpc) is 3.28. The Kier molecular flexibility index (Phi) is 6.59. The summed E-state index contributed by atoms with van der Waals surface area (Å²) < 4.78 is 26.2. The van der Waals surface area contributed by atoms with Crippen molar-refractivity contribution in [1.29, 1.82) is 0 Å². The van der Waals surface area contributed by atoms with Gasteiger partial charge in [0.05, 0.1) is 28.4 Å². The minimum Gasteiger partial charge on any atom is -0.497 e. The Morgan fingerprint density at radius 3 is 2.17 bits per heavy atom. The molecule has 3 rings (SSSR count). The van der Waals surface area contributed by atoms with Crippen molar-refractivity contribution >= 4 is 11.5 Å². The quantitative estimate of drug-likeness (QED) is 0.415. The molecule has 0 bridgehead atoms. The van der Waals surface area contributed by atoms with Gasteiger partial charge in [0.1, 0.15) is 11.4 Å². The number of hydrogen-bond donors (Lipinski definition) is 1. The Hall–Kier alpha value is -3.94. The molecule has 0 radical (unpaired) electrons. The lowest BCUT2D eigenvalue weighted by Gasteiger charge is -2.13. The lowest BCUT2D eigenvalue weighted by atomic mass is 10.1. The molecule has 0 aliphatic carbocycles. The van der Waals surface area contributed by atoms with Crippen LogP contribution in [0, 0.1) is 0 Å². The fourth-order valence-corrected chi connectivity index (χ4v) is 2.75. The number of nitrogens with one attached hydrogen (secondary N) is 1. The van der Waals surface area contributed by atoms with Crippen molar-refractivity contribution in [3.05, 3.63) is 60.5 Å². The molecule has 0 spiro atoms. The normalized spacial score (nSPS) is 10.7. The SMILES string of the molecule is COc1ccc(-c2cc(C(=O)/C=C\Nc3cc(OC)c(OC)c(OC)c3)on2)cc1. The maximum atomic E-state index is 12.4. The van der Waals surface area contributed by atoms with E-state index in [0.717, 1.165) is 11.3 Å². The van der Waals surface area contributed by atoms with Crippen LogP contribution in [0.3, 0.4) is 0 Å². The summed E-state index contributed by atoms with van der Waals surface area (Å²) in [5.41, 5.74) is 2.04. The number of rotatable bonds is 9. The molecule has 0 saturated heterocycles. The Labute approximate surface area is 174 Å². The third kappa shape index (κ3) is 4.54. The van der Waals surface area contributed by atoms with Gasteiger partial charge in [-0.2, -0.15) is 0 Å². The molecule has 1 heterocycles. The standard InChI is InChI=1S/C22H22N2O6/c1-26-16-7-5-14(6-8-16)17-13-19(30-24-17)18(25)9-10-23-15-11-20(27-2)22(29-4)21(12-15)28-3/h5-13,23H,1-4H3/b10-9-. The molecule has 0 aliphatic heterocycles. The molecule has 0 unspecified atom stereocenters. The Morgan fingerprint density at radius 1 is 0.933 bits per heavy atom. The van der Waals surface area contributed by atoms with E-state index in [4.69, 9.17) is 23.5 Å². The van der Waals surface area contributed by atoms with Crippen LogP contribution in [0.2, 0.25) is 0 Å². The summed E-state index contributed by atoms with van der Waals surface area (Å²) in [5.74, 6) is 2.01. The Bertz CT molecular complexity index is 1020. The summed E-state index contributed by atoms with van der Waals surface area (Å²) in [6.07, 6.45) is 2.85. The van der Waals surface area contributed by atoms with Gasteiger partial charge in [-0.25, -0.2) is 0 Å². The van der Waals surface area contributed by atoms with Crippen molar-refractivity contribution in [3.63, 3.8) is 0 Å². The summed E-state index contributed by atoms with van der Waals surface area (Å²) in [4.78, 5) is 12.4. The van der Waals surface area contributed by atoms with Crippen LogP contribution < -0.4 is 24.3 Å². The Balaban J connectivity index is 1.70. The van der Waals surface area contributed by atoms with Crippen LogP contribution in [0.15, 0.2) is 59.3 Å². The van der Waals surface area contributed by atoms with Crippen LogP contribution >= 0.6 is 0 Å². The summed E-state index contributed by atoms with van der Waals surface area (Å²) >= 11 is 0. The Morgan fingerprint density at radius 2 is 1.60 bits per heavy atom. The van der Waals surface area contributed by atoms with Gasteiger partial charge in [-0.15, -0.1) is 0 Å². The van der Waals surface area contributed by atoms with Gasteiger partial charge in [-0.05, 0) is 24.3 Å². The van der Waals surface area contributed by atoms with Crippen molar-refractivity contribution in [2.45, 2.75) is 0 Å². The molecule has 8 heteroatoms. The number of allylic oxidation sites excluding steroid dienone is 1. The number of ether oxygens (including phenoxy) is 4. The summed E-state index contributed by atoms with van der Waals surface area (Å²) in [7, 11) is 6.19. The van der Waals surface area contributed by atoms with Crippen LogP contribution in [-0.2, 0) is 0 Å². The zero-order valence-electron chi connectivity index (χ0n) is 17.1. The maximum absolute atomic E-state index is 12.4. The lowest BCUT2D eigenvalue weighted by Crippen LogP contribution is -1.98. The van der Waals surface area contributed by atoms with Crippen LogP contribution in [0.5, 0.6) is 23.0 Å². The van der Waals surface area contributed by atoms with E-state index in [2.05, 4.69) is 10.5 Å². The van der Waals surface area contributed by atoms with Gasteiger partial charge >= 0.3 is 0 Å².